The molecule has 86 valence electrons. The minimum absolute atomic E-state index is 0.0827. The molecule has 0 radical (unpaired) electrons. The van der Waals surface area contributed by atoms with Gasteiger partial charge in [0.05, 0.1) is 12.3 Å². The summed E-state index contributed by atoms with van der Waals surface area (Å²) in [6.07, 6.45) is 2.73. The summed E-state index contributed by atoms with van der Waals surface area (Å²) in [7, 11) is -3.09. The van der Waals surface area contributed by atoms with Crippen LogP contribution in [-0.2, 0) is 16.4 Å². The summed E-state index contributed by atoms with van der Waals surface area (Å²) in [4.78, 5) is 11.7. The topological polar surface area (TPSA) is 73.4 Å². The third-order valence-corrected chi connectivity index (χ3v) is 3.09. The van der Waals surface area contributed by atoms with Gasteiger partial charge >= 0.3 is 5.69 Å². The number of pyridine rings is 1. The molecule has 6 nitrogen and oxygen atoms in total. The Hall–Kier alpha value is -1.63. The first-order valence-electron chi connectivity index (χ1n) is 4.69. The Balaban J connectivity index is 2.39. The fourth-order valence-electron chi connectivity index (χ4n) is 1.37. The molecular formula is C9H11N3O3S. The van der Waals surface area contributed by atoms with Crippen molar-refractivity contribution in [1.29, 1.82) is 0 Å². The highest BCUT2D eigenvalue weighted by atomic mass is 32.2. The zero-order valence-electron chi connectivity index (χ0n) is 8.70. The van der Waals surface area contributed by atoms with Gasteiger partial charge in [0.2, 0.25) is 0 Å². The molecule has 2 rings (SSSR count). The van der Waals surface area contributed by atoms with Crippen LogP contribution in [0.25, 0.3) is 5.65 Å². The summed E-state index contributed by atoms with van der Waals surface area (Å²) in [5.74, 6) is -0.0865. The number of aromatic nitrogens is 3. The first kappa shape index (κ1) is 10.9. The van der Waals surface area contributed by atoms with Crippen molar-refractivity contribution < 1.29 is 8.42 Å². The monoisotopic (exact) mass is 241 g/mol. The van der Waals surface area contributed by atoms with Crippen LogP contribution in [0.1, 0.15) is 0 Å². The third-order valence-electron chi connectivity index (χ3n) is 2.16. The average Bonchev–Trinajstić information content (AvgIpc) is 2.53. The zero-order chi connectivity index (χ0) is 11.8. The van der Waals surface area contributed by atoms with E-state index in [4.69, 9.17) is 0 Å². The van der Waals surface area contributed by atoms with E-state index in [-0.39, 0.29) is 18.0 Å². The Morgan fingerprint density at radius 2 is 2.12 bits per heavy atom. The number of aryl methyl sites for hydroxylation is 1. The lowest BCUT2D eigenvalue weighted by Crippen LogP contribution is -2.24. The molecule has 0 aliphatic rings. The van der Waals surface area contributed by atoms with Gasteiger partial charge in [-0.3, -0.25) is 4.40 Å². The van der Waals surface area contributed by atoms with E-state index >= 15 is 0 Å². The molecule has 7 heteroatoms. The highest BCUT2D eigenvalue weighted by Gasteiger charge is 2.08. The predicted molar refractivity (Wildman–Crippen MR) is 59.2 cm³/mol. The molecule has 0 saturated carbocycles. The first-order chi connectivity index (χ1) is 7.47. The van der Waals surface area contributed by atoms with E-state index in [0.29, 0.717) is 5.65 Å². The van der Waals surface area contributed by atoms with Crippen LogP contribution in [0.5, 0.6) is 0 Å². The van der Waals surface area contributed by atoms with Gasteiger partial charge < -0.3 is 0 Å². The lowest BCUT2D eigenvalue weighted by atomic mass is 10.5. The van der Waals surface area contributed by atoms with Crippen molar-refractivity contribution in [2.45, 2.75) is 6.54 Å². The molecular weight excluding hydrogens is 230 g/mol. The van der Waals surface area contributed by atoms with Gasteiger partial charge in [-0.2, -0.15) is 0 Å². The van der Waals surface area contributed by atoms with Gasteiger partial charge in [0, 0.05) is 12.5 Å². The molecule has 0 fully saturated rings. The Morgan fingerprint density at radius 1 is 1.38 bits per heavy atom. The normalized spacial score (nSPS) is 12.1. The molecule has 0 aliphatic heterocycles. The maximum atomic E-state index is 11.7. The predicted octanol–water partition coefficient (Wildman–Crippen LogP) is -0.459. The smallest absolute Gasteiger partial charge is 0.250 e. The molecule has 0 atom stereocenters. The Bertz CT molecular complexity index is 669. The molecule has 0 aliphatic carbocycles. The number of hydrogen-bond acceptors (Lipinski definition) is 4. The van der Waals surface area contributed by atoms with Crippen LogP contribution < -0.4 is 5.69 Å². The highest BCUT2D eigenvalue weighted by Crippen LogP contribution is 1.95. The van der Waals surface area contributed by atoms with Crippen LogP contribution in [0.3, 0.4) is 0 Å². The first-order valence-corrected chi connectivity index (χ1v) is 6.75. The van der Waals surface area contributed by atoms with Crippen LogP contribution in [0.4, 0.5) is 0 Å². The minimum Gasteiger partial charge on any atom is -0.250 e. The molecule has 2 heterocycles. The second kappa shape index (κ2) is 3.75. The number of fused-ring (bicyclic) bond motifs is 1. The van der Waals surface area contributed by atoms with Crippen molar-refractivity contribution in [3.05, 3.63) is 34.9 Å². The third kappa shape index (κ3) is 2.13. The molecule has 0 unspecified atom stereocenters. The van der Waals surface area contributed by atoms with Gasteiger partial charge in [-0.1, -0.05) is 6.07 Å². The highest BCUT2D eigenvalue weighted by molar-refractivity contribution is 7.90. The molecule has 0 N–H and O–H groups in total. The van der Waals surface area contributed by atoms with Gasteiger partial charge in [-0.25, -0.2) is 17.9 Å². The summed E-state index contributed by atoms with van der Waals surface area (Å²) in [6, 6.07) is 5.18. The van der Waals surface area contributed by atoms with Gasteiger partial charge in [0.15, 0.2) is 5.65 Å². The quantitative estimate of drug-likeness (QED) is 0.729. The zero-order valence-corrected chi connectivity index (χ0v) is 9.51. The van der Waals surface area contributed by atoms with E-state index in [2.05, 4.69) is 5.10 Å². The molecule has 0 saturated heterocycles. The molecule has 2 aromatic heterocycles. The summed E-state index contributed by atoms with van der Waals surface area (Å²) >= 11 is 0. The fourth-order valence-corrected chi connectivity index (χ4v) is 1.87. The second-order valence-electron chi connectivity index (χ2n) is 3.56. The minimum atomic E-state index is -3.09. The van der Waals surface area contributed by atoms with Crippen LogP contribution in [0.15, 0.2) is 29.2 Å². The summed E-state index contributed by atoms with van der Waals surface area (Å²) in [5.41, 5.74) is 0.195. The Morgan fingerprint density at radius 3 is 2.75 bits per heavy atom. The maximum Gasteiger partial charge on any atom is 0.350 e. The Labute approximate surface area is 92.0 Å². The largest absolute Gasteiger partial charge is 0.350 e. The van der Waals surface area contributed by atoms with Crippen LogP contribution in [0, 0.1) is 0 Å². The summed E-state index contributed by atoms with van der Waals surface area (Å²) < 4.78 is 24.5. The van der Waals surface area contributed by atoms with Crippen molar-refractivity contribution in [1.82, 2.24) is 14.2 Å². The number of rotatable bonds is 3. The van der Waals surface area contributed by atoms with Crippen molar-refractivity contribution in [3.63, 3.8) is 0 Å². The van der Waals surface area contributed by atoms with E-state index in [0.717, 1.165) is 10.9 Å². The van der Waals surface area contributed by atoms with E-state index in [1.165, 1.54) is 4.40 Å². The molecule has 0 aromatic carbocycles. The number of nitrogens with zero attached hydrogens (tertiary/aromatic N) is 3. The van der Waals surface area contributed by atoms with E-state index in [1.807, 2.05) is 0 Å². The van der Waals surface area contributed by atoms with E-state index < -0.39 is 9.84 Å². The van der Waals surface area contributed by atoms with Crippen LogP contribution in [-0.4, -0.2) is 34.6 Å². The number of hydrogen-bond donors (Lipinski definition) is 0. The lowest BCUT2D eigenvalue weighted by Gasteiger charge is -1.96. The summed E-state index contributed by atoms with van der Waals surface area (Å²) in [5, 5.41) is 4.02. The molecule has 16 heavy (non-hydrogen) atoms. The lowest BCUT2D eigenvalue weighted by molar-refractivity contribution is 0.580. The van der Waals surface area contributed by atoms with E-state index in [1.54, 1.807) is 24.4 Å². The van der Waals surface area contributed by atoms with Gasteiger partial charge in [0.25, 0.3) is 0 Å². The molecule has 0 bridgehead atoms. The molecule has 0 amide bonds. The van der Waals surface area contributed by atoms with Crippen LogP contribution in [0.2, 0.25) is 0 Å². The van der Waals surface area contributed by atoms with Crippen molar-refractivity contribution in [3.8, 4) is 0 Å². The average molecular weight is 241 g/mol. The van der Waals surface area contributed by atoms with Crippen LogP contribution >= 0.6 is 0 Å². The van der Waals surface area contributed by atoms with Crippen molar-refractivity contribution >= 4 is 15.5 Å². The maximum absolute atomic E-state index is 11.7. The van der Waals surface area contributed by atoms with Gasteiger partial charge in [0.1, 0.15) is 9.84 Å². The molecule has 2 aromatic rings. The second-order valence-corrected chi connectivity index (χ2v) is 5.82. The van der Waals surface area contributed by atoms with Gasteiger partial charge in [-0.05, 0) is 12.1 Å². The van der Waals surface area contributed by atoms with Crippen molar-refractivity contribution in [2.24, 2.45) is 0 Å². The van der Waals surface area contributed by atoms with Gasteiger partial charge in [-0.15, -0.1) is 5.10 Å². The van der Waals surface area contributed by atoms with E-state index in [9.17, 15) is 13.2 Å². The summed E-state index contributed by atoms with van der Waals surface area (Å²) in [6.45, 7) is 0.0827. The van der Waals surface area contributed by atoms with Crippen molar-refractivity contribution in [2.75, 3.05) is 12.0 Å². The Kier molecular flexibility index (Phi) is 2.55. The molecule has 0 spiro atoms. The fraction of sp³-hybridized carbons (Fsp3) is 0.333. The standard InChI is InChI=1S/C9H11N3O3S/c1-16(14,15)7-6-12-9(13)11-5-3-2-4-8(11)10-12/h2-5H,6-7H2,1H3. The SMILES string of the molecule is CS(=O)(=O)CCn1nc2ccccn2c1=O. The number of sulfone groups is 1.